The summed E-state index contributed by atoms with van der Waals surface area (Å²) in [5.74, 6) is 0.506. The molecule has 0 spiro atoms. The first-order chi connectivity index (χ1) is 11.4. The third-order valence-electron chi connectivity index (χ3n) is 4.64. The minimum absolute atomic E-state index is 0.0328. The molecule has 2 aromatic rings. The SMILES string of the molecule is CC(C)(C)c1cc(C(=O)N2CCC[C@@H](Cc3ccccn3)C2)n[nH]1. The molecule has 0 bridgehead atoms. The van der Waals surface area contributed by atoms with E-state index in [0.29, 0.717) is 11.6 Å². The molecule has 1 saturated heterocycles. The molecule has 1 atom stereocenters. The Morgan fingerprint density at radius 3 is 2.88 bits per heavy atom. The minimum Gasteiger partial charge on any atom is -0.337 e. The van der Waals surface area contributed by atoms with Gasteiger partial charge < -0.3 is 4.90 Å². The number of nitrogens with zero attached hydrogens (tertiary/aromatic N) is 3. The number of likely N-dealkylation sites (tertiary alicyclic amines) is 1. The normalized spacial score (nSPS) is 18.6. The van der Waals surface area contributed by atoms with Gasteiger partial charge >= 0.3 is 0 Å². The van der Waals surface area contributed by atoms with Crippen molar-refractivity contribution in [2.24, 2.45) is 5.92 Å². The number of hydrogen-bond acceptors (Lipinski definition) is 3. The van der Waals surface area contributed by atoms with Crippen LogP contribution in [0.3, 0.4) is 0 Å². The van der Waals surface area contributed by atoms with Gasteiger partial charge in [0.25, 0.3) is 5.91 Å². The van der Waals surface area contributed by atoms with E-state index in [4.69, 9.17) is 0 Å². The number of aromatic nitrogens is 3. The van der Waals surface area contributed by atoms with Crippen LogP contribution in [0.1, 0.15) is 55.5 Å². The molecule has 5 heteroatoms. The van der Waals surface area contributed by atoms with Gasteiger partial charge in [0.15, 0.2) is 0 Å². The Balaban J connectivity index is 1.66. The fourth-order valence-electron chi connectivity index (χ4n) is 3.21. The molecule has 128 valence electrons. The lowest BCUT2D eigenvalue weighted by atomic mass is 9.91. The fraction of sp³-hybridized carbons (Fsp3) is 0.526. The highest BCUT2D eigenvalue weighted by Gasteiger charge is 2.27. The van der Waals surface area contributed by atoms with Crippen LogP contribution in [0.2, 0.25) is 0 Å². The number of carbonyl (C=O) groups is 1. The van der Waals surface area contributed by atoms with E-state index in [-0.39, 0.29) is 11.3 Å². The van der Waals surface area contributed by atoms with E-state index in [1.807, 2.05) is 29.3 Å². The maximum atomic E-state index is 12.8. The number of amides is 1. The van der Waals surface area contributed by atoms with E-state index in [2.05, 4.69) is 42.0 Å². The molecule has 2 aromatic heterocycles. The van der Waals surface area contributed by atoms with E-state index < -0.39 is 0 Å². The van der Waals surface area contributed by atoms with Crippen LogP contribution in [-0.2, 0) is 11.8 Å². The van der Waals surface area contributed by atoms with Crippen molar-refractivity contribution in [3.05, 3.63) is 47.5 Å². The highest BCUT2D eigenvalue weighted by Crippen LogP contribution is 2.24. The van der Waals surface area contributed by atoms with Crippen molar-refractivity contribution in [1.82, 2.24) is 20.1 Å². The fourth-order valence-corrected chi connectivity index (χ4v) is 3.21. The summed E-state index contributed by atoms with van der Waals surface area (Å²) in [6, 6.07) is 7.91. The van der Waals surface area contributed by atoms with Crippen LogP contribution in [0.25, 0.3) is 0 Å². The zero-order valence-electron chi connectivity index (χ0n) is 14.7. The molecular weight excluding hydrogens is 300 g/mol. The van der Waals surface area contributed by atoms with Crippen LogP contribution in [0.5, 0.6) is 0 Å². The quantitative estimate of drug-likeness (QED) is 0.942. The molecule has 5 nitrogen and oxygen atoms in total. The van der Waals surface area contributed by atoms with Crippen molar-refractivity contribution in [3.8, 4) is 0 Å². The number of aromatic amines is 1. The van der Waals surface area contributed by atoms with E-state index >= 15 is 0 Å². The second-order valence-corrected chi connectivity index (χ2v) is 7.70. The largest absolute Gasteiger partial charge is 0.337 e. The molecule has 3 rings (SSSR count). The molecule has 0 unspecified atom stereocenters. The zero-order chi connectivity index (χ0) is 17.2. The first kappa shape index (κ1) is 16.7. The molecule has 1 fully saturated rings. The zero-order valence-corrected chi connectivity index (χ0v) is 14.7. The lowest BCUT2D eigenvalue weighted by Gasteiger charge is -2.32. The van der Waals surface area contributed by atoms with Gasteiger partial charge in [-0.3, -0.25) is 14.9 Å². The van der Waals surface area contributed by atoms with Gasteiger partial charge in [-0.1, -0.05) is 26.8 Å². The summed E-state index contributed by atoms with van der Waals surface area (Å²) in [6.07, 6.45) is 4.95. The Morgan fingerprint density at radius 1 is 1.38 bits per heavy atom. The topological polar surface area (TPSA) is 61.9 Å². The lowest BCUT2D eigenvalue weighted by Crippen LogP contribution is -2.40. The van der Waals surface area contributed by atoms with Crippen LogP contribution in [0.15, 0.2) is 30.5 Å². The molecule has 1 amide bonds. The first-order valence-electron chi connectivity index (χ1n) is 8.68. The smallest absolute Gasteiger partial charge is 0.274 e. The van der Waals surface area contributed by atoms with Crippen LogP contribution in [-0.4, -0.2) is 39.1 Å². The predicted molar refractivity (Wildman–Crippen MR) is 93.9 cm³/mol. The Labute approximate surface area is 143 Å². The van der Waals surface area contributed by atoms with Gasteiger partial charge in [0, 0.05) is 36.1 Å². The average Bonchev–Trinajstić information content (AvgIpc) is 3.06. The van der Waals surface area contributed by atoms with Gasteiger partial charge in [0.1, 0.15) is 5.69 Å². The summed E-state index contributed by atoms with van der Waals surface area (Å²) >= 11 is 0. The number of H-pyrrole nitrogens is 1. The highest BCUT2D eigenvalue weighted by atomic mass is 16.2. The van der Waals surface area contributed by atoms with Crippen molar-refractivity contribution in [2.75, 3.05) is 13.1 Å². The molecule has 1 aliphatic heterocycles. The molecule has 0 saturated carbocycles. The number of nitrogens with one attached hydrogen (secondary N) is 1. The van der Waals surface area contributed by atoms with Crippen LogP contribution in [0, 0.1) is 5.92 Å². The van der Waals surface area contributed by atoms with Crippen molar-refractivity contribution >= 4 is 5.91 Å². The van der Waals surface area contributed by atoms with E-state index in [1.54, 1.807) is 0 Å². The van der Waals surface area contributed by atoms with Gasteiger partial charge in [-0.15, -0.1) is 0 Å². The second kappa shape index (κ2) is 6.75. The molecule has 1 N–H and O–H groups in total. The summed E-state index contributed by atoms with van der Waals surface area (Å²) in [6.45, 7) is 7.93. The Bertz CT molecular complexity index is 687. The number of hydrogen-bond donors (Lipinski definition) is 1. The molecule has 1 aliphatic rings. The third kappa shape index (κ3) is 3.83. The number of carbonyl (C=O) groups excluding carboxylic acids is 1. The van der Waals surface area contributed by atoms with E-state index in [9.17, 15) is 4.79 Å². The van der Waals surface area contributed by atoms with Crippen LogP contribution in [0.4, 0.5) is 0 Å². The minimum atomic E-state index is -0.0328. The van der Waals surface area contributed by atoms with Gasteiger partial charge in [-0.25, -0.2) is 0 Å². The molecule has 3 heterocycles. The van der Waals surface area contributed by atoms with E-state index in [1.165, 1.54) is 0 Å². The monoisotopic (exact) mass is 326 g/mol. The summed E-state index contributed by atoms with van der Waals surface area (Å²) in [5, 5.41) is 7.25. The Kier molecular flexibility index (Phi) is 4.69. The summed E-state index contributed by atoms with van der Waals surface area (Å²) in [7, 11) is 0. The predicted octanol–water partition coefficient (Wildman–Crippen LogP) is 3.20. The van der Waals surface area contributed by atoms with Crippen molar-refractivity contribution in [2.45, 2.75) is 45.4 Å². The average molecular weight is 326 g/mol. The maximum Gasteiger partial charge on any atom is 0.274 e. The van der Waals surface area contributed by atoms with Crippen LogP contribution >= 0.6 is 0 Å². The number of pyridine rings is 1. The molecule has 24 heavy (non-hydrogen) atoms. The van der Waals surface area contributed by atoms with Gasteiger partial charge in [-0.2, -0.15) is 5.10 Å². The number of piperidine rings is 1. The van der Waals surface area contributed by atoms with Gasteiger partial charge in [0.2, 0.25) is 0 Å². The van der Waals surface area contributed by atoms with Gasteiger partial charge in [-0.05, 0) is 43.4 Å². The summed E-state index contributed by atoms with van der Waals surface area (Å²) in [4.78, 5) is 19.1. The van der Waals surface area contributed by atoms with Crippen molar-refractivity contribution in [1.29, 1.82) is 0 Å². The second-order valence-electron chi connectivity index (χ2n) is 7.70. The summed E-state index contributed by atoms with van der Waals surface area (Å²) < 4.78 is 0. The standard InChI is InChI=1S/C19H26N4O/c1-19(2,3)17-12-16(21-22-17)18(24)23-10-6-7-14(13-23)11-15-8-4-5-9-20-15/h4-5,8-9,12,14H,6-7,10-11,13H2,1-3H3,(H,21,22)/t14-/m0/s1. The van der Waals surface area contributed by atoms with Crippen molar-refractivity contribution < 1.29 is 4.79 Å². The first-order valence-corrected chi connectivity index (χ1v) is 8.68. The van der Waals surface area contributed by atoms with E-state index in [0.717, 1.165) is 43.7 Å². The maximum absolute atomic E-state index is 12.8. The molecule has 0 aliphatic carbocycles. The summed E-state index contributed by atoms with van der Waals surface area (Å²) in [5.41, 5.74) is 2.59. The molecule has 0 radical (unpaired) electrons. The molecular formula is C19H26N4O. The molecule has 0 aromatic carbocycles. The highest BCUT2D eigenvalue weighted by molar-refractivity contribution is 5.92. The lowest BCUT2D eigenvalue weighted by molar-refractivity contribution is 0.0667. The van der Waals surface area contributed by atoms with Crippen LogP contribution < -0.4 is 0 Å². The third-order valence-corrected chi connectivity index (χ3v) is 4.64. The Morgan fingerprint density at radius 2 is 2.21 bits per heavy atom. The van der Waals surface area contributed by atoms with Crippen molar-refractivity contribution in [3.63, 3.8) is 0 Å². The van der Waals surface area contributed by atoms with Gasteiger partial charge in [0.05, 0.1) is 0 Å². The number of rotatable bonds is 3. The Hall–Kier alpha value is -2.17.